The van der Waals surface area contributed by atoms with Gasteiger partial charge in [0, 0.05) is 31.1 Å². The molecule has 1 aliphatic heterocycles. The summed E-state index contributed by atoms with van der Waals surface area (Å²) in [6.07, 6.45) is 6.08. The summed E-state index contributed by atoms with van der Waals surface area (Å²) in [5, 5.41) is 0. The quantitative estimate of drug-likeness (QED) is 0.624. The molecule has 1 amide bonds. The fourth-order valence-electron chi connectivity index (χ4n) is 3.55. The maximum absolute atomic E-state index is 12.4. The number of benzene rings is 2. The minimum Gasteiger partial charge on any atom is -0.491 e. The van der Waals surface area contributed by atoms with Crippen molar-refractivity contribution in [3.8, 4) is 22.6 Å². The Morgan fingerprint density at radius 1 is 1.24 bits per heavy atom. The zero-order valence-electron chi connectivity index (χ0n) is 16.3. The van der Waals surface area contributed by atoms with Gasteiger partial charge in [0.1, 0.15) is 12.4 Å². The van der Waals surface area contributed by atoms with Gasteiger partial charge in [0.2, 0.25) is 5.91 Å². The molecule has 0 bridgehead atoms. The minimum atomic E-state index is -0.521. The van der Waals surface area contributed by atoms with Crippen molar-refractivity contribution in [2.45, 2.75) is 13.0 Å². The van der Waals surface area contributed by atoms with Gasteiger partial charge in [-0.25, -0.2) is 4.98 Å². The molecule has 0 atom stereocenters. The molecule has 0 saturated heterocycles. The largest absolute Gasteiger partial charge is 0.491 e. The molecular weight excluding hydrogens is 370 g/mol. The van der Waals surface area contributed by atoms with Gasteiger partial charge in [-0.15, -0.1) is 0 Å². The number of primary amides is 1. The summed E-state index contributed by atoms with van der Waals surface area (Å²) >= 11 is 0. The normalized spacial score (nSPS) is 13.1. The molecule has 7 nitrogen and oxygen atoms in total. The van der Waals surface area contributed by atoms with Crippen molar-refractivity contribution < 1.29 is 19.0 Å². The van der Waals surface area contributed by atoms with Crippen LogP contribution >= 0.6 is 0 Å². The Bertz CT molecular complexity index is 1020. The number of nitrogens with two attached hydrogens (primary N) is 1. The van der Waals surface area contributed by atoms with Crippen molar-refractivity contribution >= 4 is 5.91 Å². The molecule has 4 rings (SSSR count). The van der Waals surface area contributed by atoms with Crippen LogP contribution in [0.15, 0.2) is 49.1 Å². The van der Waals surface area contributed by atoms with E-state index in [0.717, 1.165) is 35.4 Å². The first-order valence-corrected chi connectivity index (χ1v) is 9.45. The lowest BCUT2D eigenvalue weighted by Crippen LogP contribution is -2.15. The van der Waals surface area contributed by atoms with Crippen molar-refractivity contribution in [3.05, 3.63) is 65.7 Å². The van der Waals surface area contributed by atoms with E-state index in [2.05, 4.69) is 17.1 Å². The standard InChI is InChI=1S/C22H23N3O4/c1-27-8-9-29-18-11-19(22(23)26)21(20(12-18)25-6-5-24-14-25)16-3-2-15-4-7-28-13-17(15)10-16/h2-3,5-6,10-12,14H,4,7-9,13H2,1H3,(H2,23,26). The summed E-state index contributed by atoms with van der Waals surface area (Å²) in [6, 6.07) is 9.76. The van der Waals surface area contributed by atoms with E-state index < -0.39 is 5.91 Å². The molecule has 0 radical (unpaired) electrons. The molecule has 2 aromatic carbocycles. The lowest BCUT2D eigenvalue weighted by molar-refractivity contribution is 0.1000. The molecule has 0 unspecified atom stereocenters. The second-order valence-corrected chi connectivity index (χ2v) is 6.83. The molecule has 0 aliphatic carbocycles. The van der Waals surface area contributed by atoms with Crippen LogP contribution in [0.1, 0.15) is 21.5 Å². The van der Waals surface area contributed by atoms with E-state index in [-0.39, 0.29) is 0 Å². The fourth-order valence-corrected chi connectivity index (χ4v) is 3.55. The summed E-state index contributed by atoms with van der Waals surface area (Å²) in [6.45, 7) is 2.10. The number of amides is 1. The third-order valence-electron chi connectivity index (χ3n) is 4.96. The number of imidazole rings is 1. The van der Waals surface area contributed by atoms with E-state index in [4.69, 9.17) is 19.9 Å². The number of carbonyl (C=O) groups excluding carboxylic acids is 1. The Morgan fingerprint density at radius 3 is 2.90 bits per heavy atom. The molecule has 0 saturated carbocycles. The summed E-state index contributed by atoms with van der Waals surface area (Å²) in [4.78, 5) is 16.5. The molecule has 2 heterocycles. The predicted octanol–water partition coefficient (Wildman–Crippen LogP) is 2.74. The second kappa shape index (κ2) is 8.46. The Kier molecular flexibility index (Phi) is 5.59. The van der Waals surface area contributed by atoms with E-state index in [1.54, 1.807) is 25.7 Å². The zero-order valence-corrected chi connectivity index (χ0v) is 16.3. The van der Waals surface area contributed by atoms with Gasteiger partial charge in [0.15, 0.2) is 0 Å². The van der Waals surface area contributed by atoms with Gasteiger partial charge in [-0.3, -0.25) is 4.79 Å². The summed E-state index contributed by atoms with van der Waals surface area (Å²) in [5.74, 6) is 0.0251. The Hall–Kier alpha value is -3.16. The van der Waals surface area contributed by atoms with Crippen LogP contribution in [0, 0.1) is 0 Å². The van der Waals surface area contributed by atoms with E-state index >= 15 is 0 Å². The lowest BCUT2D eigenvalue weighted by Gasteiger charge is -2.20. The van der Waals surface area contributed by atoms with E-state index in [0.29, 0.717) is 31.1 Å². The number of ether oxygens (including phenoxy) is 3. The van der Waals surface area contributed by atoms with Crippen molar-refractivity contribution in [1.29, 1.82) is 0 Å². The third kappa shape index (κ3) is 4.01. The van der Waals surface area contributed by atoms with Crippen molar-refractivity contribution in [3.63, 3.8) is 0 Å². The SMILES string of the molecule is COCCOc1cc(C(N)=O)c(-c2ccc3c(c2)COCC3)c(-n2ccnc2)c1. The zero-order chi connectivity index (χ0) is 20.2. The Balaban J connectivity index is 1.88. The van der Waals surface area contributed by atoms with Crippen LogP contribution in [0.3, 0.4) is 0 Å². The van der Waals surface area contributed by atoms with E-state index in [1.165, 1.54) is 5.56 Å². The van der Waals surface area contributed by atoms with Crippen LogP contribution < -0.4 is 10.5 Å². The van der Waals surface area contributed by atoms with Gasteiger partial charge in [-0.2, -0.15) is 0 Å². The van der Waals surface area contributed by atoms with Crippen LogP contribution in [0.2, 0.25) is 0 Å². The first-order valence-electron chi connectivity index (χ1n) is 9.45. The van der Waals surface area contributed by atoms with Crippen LogP contribution in [0.4, 0.5) is 0 Å². The molecule has 1 aliphatic rings. The first kappa shape index (κ1) is 19.2. The maximum Gasteiger partial charge on any atom is 0.249 e. The highest BCUT2D eigenvalue weighted by molar-refractivity contribution is 6.02. The number of nitrogens with zero attached hydrogens (tertiary/aromatic N) is 2. The molecule has 7 heteroatoms. The fraction of sp³-hybridized carbons (Fsp3) is 0.273. The van der Waals surface area contributed by atoms with Gasteiger partial charge in [-0.1, -0.05) is 12.1 Å². The van der Waals surface area contributed by atoms with Crippen LogP contribution in [0.25, 0.3) is 16.8 Å². The number of rotatable bonds is 7. The van der Waals surface area contributed by atoms with Crippen LogP contribution in [0.5, 0.6) is 5.75 Å². The summed E-state index contributed by atoms with van der Waals surface area (Å²) < 4.78 is 18.3. The molecule has 0 spiro atoms. The number of hydrogen-bond donors (Lipinski definition) is 1. The van der Waals surface area contributed by atoms with Gasteiger partial charge < -0.3 is 24.5 Å². The molecule has 29 heavy (non-hydrogen) atoms. The highest BCUT2D eigenvalue weighted by Gasteiger charge is 2.20. The number of carbonyl (C=O) groups is 1. The molecule has 2 N–H and O–H groups in total. The second-order valence-electron chi connectivity index (χ2n) is 6.83. The lowest BCUT2D eigenvalue weighted by atomic mass is 9.92. The van der Waals surface area contributed by atoms with Gasteiger partial charge in [0.05, 0.1) is 37.4 Å². The van der Waals surface area contributed by atoms with Gasteiger partial charge in [0.25, 0.3) is 0 Å². The summed E-state index contributed by atoms with van der Waals surface area (Å²) in [5.41, 5.74) is 11.0. The highest BCUT2D eigenvalue weighted by atomic mass is 16.5. The topological polar surface area (TPSA) is 88.6 Å². The van der Waals surface area contributed by atoms with Crippen LogP contribution in [-0.2, 0) is 22.5 Å². The third-order valence-corrected chi connectivity index (χ3v) is 4.96. The predicted molar refractivity (Wildman–Crippen MR) is 108 cm³/mol. The number of fused-ring (bicyclic) bond motifs is 1. The van der Waals surface area contributed by atoms with Crippen molar-refractivity contribution in [2.24, 2.45) is 5.73 Å². The maximum atomic E-state index is 12.4. The average Bonchev–Trinajstić information content (AvgIpc) is 3.28. The van der Waals surface area contributed by atoms with Gasteiger partial charge in [-0.05, 0) is 35.2 Å². The first-order chi connectivity index (χ1) is 14.2. The number of aromatic nitrogens is 2. The number of hydrogen-bond acceptors (Lipinski definition) is 5. The minimum absolute atomic E-state index is 0.369. The number of methoxy groups -OCH3 is 1. The average molecular weight is 393 g/mol. The molecule has 3 aromatic rings. The van der Waals surface area contributed by atoms with Crippen molar-refractivity contribution in [2.75, 3.05) is 26.9 Å². The highest BCUT2D eigenvalue weighted by Crippen LogP contribution is 2.36. The molecular formula is C22H23N3O4. The van der Waals surface area contributed by atoms with E-state index in [9.17, 15) is 4.79 Å². The molecule has 1 aromatic heterocycles. The monoisotopic (exact) mass is 393 g/mol. The Morgan fingerprint density at radius 2 is 2.14 bits per heavy atom. The Labute approximate surface area is 169 Å². The van der Waals surface area contributed by atoms with Crippen LogP contribution in [-0.4, -0.2) is 42.4 Å². The molecule has 0 fully saturated rings. The van der Waals surface area contributed by atoms with Crippen molar-refractivity contribution in [1.82, 2.24) is 9.55 Å². The smallest absolute Gasteiger partial charge is 0.249 e. The summed E-state index contributed by atoms with van der Waals surface area (Å²) in [7, 11) is 1.61. The molecule has 150 valence electrons. The van der Waals surface area contributed by atoms with E-state index in [1.807, 2.05) is 22.9 Å². The van der Waals surface area contributed by atoms with Gasteiger partial charge >= 0.3 is 0 Å².